The van der Waals surface area contributed by atoms with E-state index in [4.69, 9.17) is 10.6 Å². The summed E-state index contributed by atoms with van der Waals surface area (Å²) in [4.78, 5) is 13.2. The molecule has 0 aliphatic carbocycles. The van der Waals surface area contributed by atoms with Gasteiger partial charge in [0.25, 0.3) is 0 Å². The molecule has 0 saturated heterocycles. The minimum Gasteiger partial charge on any atom is -0.508 e. The second-order valence-corrected chi connectivity index (χ2v) is 3.50. The molecule has 96 valence electrons. The number of aliphatic hydroxyl groups excluding tert-OH is 2. The van der Waals surface area contributed by atoms with Crippen molar-refractivity contribution >= 4 is 5.97 Å². The van der Waals surface area contributed by atoms with Crippen molar-refractivity contribution in [3.05, 3.63) is 39.8 Å². The fraction of sp³-hybridized carbons (Fsp3) is 0.300. The number of phenolic OH excluding ortho intramolecular Hbond substituents is 1. The van der Waals surface area contributed by atoms with Crippen LogP contribution >= 0.6 is 0 Å². The number of aromatic carboxylic acids is 1. The van der Waals surface area contributed by atoms with Crippen LogP contribution in [0.5, 0.6) is 5.75 Å². The molecule has 0 aliphatic rings. The topological polar surface area (TPSA) is 147 Å². The quantitative estimate of drug-likeness (QED) is 0.348. The number of carboxylic acid groups (broad SMARTS) is 1. The van der Waals surface area contributed by atoms with Crippen LogP contribution in [0, 0.1) is 0 Å². The van der Waals surface area contributed by atoms with Crippen molar-refractivity contribution in [2.45, 2.75) is 12.2 Å². The van der Waals surface area contributed by atoms with E-state index in [9.17, 15) is 20.1 Å². The maximum absolute atomic E-state index is 10.7. The highest BCUT2D eigenvalue weighted by atomic mass is 16.4. The maximum atomic E-state index is 10.7. The number of benzene rings is 1. The molecule has 2 atom stereocenters. The van der Waals surface area contributed by atoms with Crippen molar-refractivity contribution in [2.75, 3.05) is 6.54 Å². The largest absolute Gasteiger partial charge is 0.508 e. The van der Waals surface area contributed by atoms with Gasteiger partial charge >= 0.3 is 5.97 Å². The Bertz CT molecular complexity index is 498. The Morgan fingerprint density at radius 3 is 2.67 bits per heavy atom. The lowest BCUT2D eigenvalue weighted by molar-refractivity contribution is 0.0229. The van der Waals surface area contributed by atoms with Gasteiger partial charge in [-0.25, -0.2) is 4.79 Å². The molecular formula is C10H11N3O5. The predicted octanol–water partition coefficient (Wildman–Crippen LogP) is 0.795. The van der Waals surface area contributed by atoms with Gasteiger partial charge in [0.05, 0.1) is 18.2 Å². The summed E-state index contributed by atoms with van der Waals surface area (Å²) < 4.78 is 0. The van der Waals surface area contributed by atoms with Crippen molar-refractivity contribution in [2.24, 2.45) is 5.11 Å². The molecule has 8 heteroatoms. The second-order valence-electron chi connectivity index (χ2n) is 3.50. The van der Waals surface area contributed by atoms with Gasteiger partial charge < -0.3 is 20.4 Å². The van der Waals surface area contributed by atoms with E-state index < -0.39 is 24.7 Å². The SMILES string of the molecule is [N-]=[N+]=NCC(O)C(O)c1cc(C(=O)O)ccc1O. The summed E-state index contributed by atoms with van der Waals surface area (Å²) >= 11 is 0. The zero-order chi connectivity index (χ0) is 13.7. The van der Waals surface area contributed by atoms with E-state index in [2.05, 4.69) is 10.0 Å². The van der Waals surface area contributed by atoms with Gasteiger partial charge in [-0.15, -0.1) is 0 Å². The summed E-state index contributed by atoms with van der Waals surface area (Å²) in [6.45, 7) is -0.394. The molecule has 0 amide bonds. The minimum atomic E-state index is -1.55. The lowest BCUT2D eigenvalue weighted by Crippen LogP contribution is -2.21. The molecule has 8 nitrogen and oxygen atoms in total. The van der Waals surface area contributed by atoms with Crippen LogP contribution in [0.1, 0.15) is 22.0 Å². The Balaban J connectivity index is 3.03. The average molecular weight is 253 g/mol. The first-order chi connectivity index (χ1) is 8.47. The van der Waals surface area contributed by atoms with Crippen molar-refractivity contribution in [3.8, 4) is 5.75 Å². The number of aliphatic hydroxyl groups is 2. The van der Waals surface area contributed by atoms with E-state index in [1.807, 2.05) is 0 Å². The van der Waals surface area contributed by atoms with Gasteiger partial charge in [-0.2, -0.15) is 0 Å². The standard InChI is InChI=1S/C10H11N3O5/c11-13-12-4-8(15)9(16)6-3-5(10(17)18)1-2-7(6)14/h1-3,8-9,14-16H,4H2,(H,17,18). The molecule has 0 heterocycles. The van der Waals surface area contributed by atoms with Gasteiger partial charge in [0, 0.05) is 10.5 Å². The number of azide groups is 1. The molecule has 0 spiro atoms. The molecule has 2 unspecified atom stereocenters. The van der Waals surface area contributed by atoms with E-state index in [-0.39, 0.29) is 16.9 Å². The number of hydrogen-bond acceptors (Lipinski definition) is 5. The average Bonchev–Trinajstić information content (AvgIpc) is 2.35. The third kappa shape index (κ3) is 3.11. The Morgan fingerprint density at radius 2 is 2.11 bits per heavy atom. The summed E-state index contributed by atoms with van der Waals surface area (Å²) in [6.07, 6.45) is -2.98. The molecular weight excluding hydrogens is 242 g/mol. The number of carbonyl (C=O) groups is 1. The second kappa shape index (κ2) is 5.87. The number of carboxylic acids is 1. The van der Waals surface area contributed by atoms with Gasteiger partial charge in [-0.05, 0) is 23.7 Å². The van der Waals surface area contributed by atoms with Crippen LogP contribution in [0.15, 0.2) is 23.3 Å². The molecule has 0 aromatic heterocycles. The predicted molar refractivity (Wildman–Crippen MR) is 60.0 cm³/mol. The monoisotopic (exact) mass is 253 g/mol. The van der Waals surface area contributed by atoms with Crippen LogP contribution < -0.4 is 0 Å². The Kier molecular flexibility index (Phi) is 4.50. The highest BCUT2D eigenvalue weighted by Crippen LogP contribution is 2.27. The zero-order valence-corrected chi connectivity index (χ0v) is 9.13. The minimum absolute atomic E-state index is 0.141. The molecule has 0 aliphatic heterocycles. The van der Waals surface area contributed by atoms with Gasteiger partial charge in [-0.3, -0.25) is 0 Å². The molecule has 1 aromatic rings. The first-order valence-corrected chi connectivity index (χ1v) is 4.90. The number of rotatable bonds is 5. The van der Waals surface area contributed by atoms with Crippen LogP contribution in [0.4, 0.5) is 0 Å². The lowest BCUT2D eigenvalue weighted by atomic mass is 10.0. The Labute approximate surface area is 101 Å². The first kappa shape index (κ1) is 13.8. The van der Waals surface area contributed by atoms with E-state index in [1.54, 1.807) is 0 Å². The van der Waals surface area contributed by atoms with Crippen molar-refractivity contribution in [3.63, 3.8) is 0 Å². The van der Waals surface area contributed by atoms with E-state index in [0.29, 0.717) is 0 Å². The van der Waals surface area contributed by atoms with Gasteiger partial charge in [-0.1, -0.05) is 5.11 Å². The number of aromatic hydroxyl groups is 1. The normalized spacial score (nSPS) is 13.4. The fourth-order valence-electron chi connectivity index (χ4n) is 1.35. The number of phenols is 1. The van der Waals surface area contributed by atoms with Crippen molar-refractivity contribution < 1.29 is 25.2 Å². The number of hydrogen-bond donors (Lipinski definition) is 4. The fourth-order valence-corrected chi connectivity index (χ4v) is 1.35. The highest BCUT2D eigenvalue weighted by Gasteiger charge is 2.22. The first-order valence-electron chi connectivity index (χ1n) is 4.90. The van der Waals surface area contributed by atoms with E-state index in [1.165, 1.54) is 0 Å². The number of nitrogens with zero attached hydrogens (tertiary/aromatic N) is 3. The van der Waals surface area contributed by atoms with Crippen molar-refractivity contribution in [1.82, 2.24) is 0 Å². The van der Waals surface area contributed by atoms with Crippen molar-refractivity contribution in [1.29, 1.82) is 0 Å². The molecule has 18 heavy (non-hydrogen) atoms. The lowest BCUT2D eigenvalue weighted by Gasteiger charge is -2.17. The van der Waals surface area contributed by atoms with Gasteiger partial charge in [0.2, 0.25) is 0 Å². The smallest absolute Gasteiger partial charge is 0.335 e. The van der Waals surface area contributed by atoms with Crippen LogP contribution in [-0.4, -0.2) is 39.0 Å². The highest BCUT2D eigenvalue weighted by molar-refractivity contribution is 5.88. The molecule has 1 aromatic carbocycles. The van der Waals surface area contributed by atoms with Gasteiger partial charge in [0.1, 0.15) is 11.9 Å². The summed E-state index contributed by atoms with van der Waals surface area (Å²) in [5, 5.41) is 40.5. The van der Waals surface area contributed by atoms with Crippen LogP contribution in [0.2, 0.25) is 0 Å². The van der Waals surface area contributed by atoms with Crippen LogP contribution in [0.3, 0.4) is 0 Å². The zero-order valence-electron chi connectivity index (χ0n) is 9.13. The summed E-state index contributed by atoms with van der Waals surface area (Å²) in [6, 6.07) is 3.30. The maximum Gasteiger partial charge on any atom is 0.335 e. The van der Waals surface area contributed by atoms with E-state index >= 15 is 0 Å². The Morgan fingerprint density at radius 1 is 1.44 bits per heavy atom. The molecule has 0 radical (unpaired) electrons. The molecule has 0 saturated carbocycles. The molecule has 0 fully saturated rings. The van der Waals surface area contributed by atoms with Crippen LogP contribution in [0.25, 0.3) is 10.4 Å². The third-order valence-corrected chi connectivity index (χ3v) is 2.29. The van der Waals surface area contributed by atoms with Crippen LogP contribution in [-0.2, 0) is 0 Å². The molecule has 4 N–H and O–H groups in total. The Hall–Kier alpha value is -2.28. The molecule has 1 rings (SSSR count). The molecule has 0 bridgehead atoms. The summed E-state index contributed by atoms with van der Waals surface area (Å²) in [5.41, 5.74) is 7.79. The van der Waals surface area contributed by atoms with E-state index in [0.717, 1.165) is 18.2 Å². The summed E-state index contributed by atoms with van der Waals surface area (Å²) in [5.74, 6) is -1.58. The van der Waals surface area contributed by atoms with Gasteiger partial charge in [0.15, 0.2) is 0 Å². The third-order valence-electron chi connectivity index (χ3n) is 2.29. The summed E-state index contributed by atoms with van der Waals surface area (Å²) in [7, 11) is 0.